The molecule has 0 aliphatic rings. The molecule has 0 saturated carbocycles. The molecule has 112 valence electrons. The molecule has 3 N–H and O–H groups in total. The minimum atomic E-state index is 0.651. The molecule has 0 amide bonds. The van der Waals surface area contributed by atoms with Gasteiger partial charge in [0, 0.05) is 17.4 Å². The van der Waals surface area contributed by atoms with Gasteiger partial charge in [0.1, 0.15) is 11.6 Å². The number of benzene rings is 2. The molecule has 0 aliphatic heterocycles. The summed E-state index contributed by atoms with van der Waals surface area (Å²) in [4.78, 5) is 4.60. The Kier molecular flexibility index (Phi) is 4.21. The third kappa shape index (κ3) is 3.02. The lowest BCUT2D eigenvalue weighted by Gasteiger charge is -2.11. The average molecular weight is 293 g/mol. The van der Waals surface area contributed by atoms with Crippen LogP contribution in [-0.2, 0) is 6.42 Å². The Labute approximate surface area is 129 Å². The number of hydrazine groups is 1. The number of fused-ring (bicyclic) bond motifs is 1. The lowest BCUT2D eigenvalue weighted by molar-refractivity contribution is 0.340. The fourth-order valence-electron chi connectivity index (χ4n) is 2.53. The Balaban J connectivity index is 2.03. The number of anilines is 1. The van der Waals surface area contributed by atoms with Crippen LogP contribution in [0.15, 0.2) is 54.6 Å². The van der Waals surface area contributed by atoms with Crippen LogP contribution >= 0.6 is 0 Å². The van der Waals surface area contributed by atoms with Crippen molar-refractivity contribution in [2.75, 3.05) is 12.0 Å². The molecule has 0 radical (unpaired) electrons. The zero-order chi connectivity index (χ0) is 15.4. The largest absolute Gasteiger partial charge is 0.494 e. The zero-order valence-electron chi connectivity index (χ0n) is 12.5. The van der Waals surface area contributed by atoms with Crippen LogP contribution in [0.5, 0.6) is 5.75 Å². The summed E-state index contributed by atoms with van der Waals surface area (Å²) in [6, 6.07) is 18.3. The highest BCUT2D eigenvalue weighted by Crippen LogP contribution is 2.25. The van der Waals surface area contributed by atoms with E-state index < -0.39 is 0 Å². The third-order valence-corrected chi connectivity index (χ3v) is 3.55. The van der Waals surface area contributed by atoms with Crippen LogP contribution in [0.3, 0.4) is 0 Å². The summed E-state index contributed by atoms with van der Waals surface area (Å²) in [5.74, 6) is 7.20. The summed E-state index contributed by atoms with van der Waals surface area (Å²) < 4.78 is 5.56. The third-order valence-electron chi connectivity index (χ3n) is 3.55. The predicted octanol–water partition coefficient (Wildman–Crippen LogP) is 3.51. The summed E-state index contributed by atoms with van der Waals surface area (Å²) in [6.45, 7) is 2.63. The van der Waals surface area contributed by atoms with Gasteiger partial charge in [-0.05, 0) is 36.8 Å². The standard InChI is InChI=1S/C18H19N3O/c1-2-22-16-8-9-17-14(12-16)11-15(18(20-17)21-19)10-13-6-4-3-5-7-13/h3-9,11-12H,2,10,19H2,1H3,(H,20,21). The first-order chi connectivity index (χ1) is 10.8. The quantitative estimate of drug-likeness (QED) is 0.558. The van der Waals surface area contributed by atoms with Gasteiger partial charge < -0.3 is 10.2 Å². The van der Waals surface area contributed by atoms with Gasteiger partial charge in [-0.1, -0.05) is 30.3 Å². The van der Waals surface area contributed by atoms with Crippen molar-refractivity contribution in [2.45, 2.75) is 13.3 Å². The number of nitrogen functional groups attached to an aromatic ring is 1. The summed E-state index contributed by atoms with van der Waals surface area (Å²) in [5, 5.41) is 1.05. The van der Waals surface area contributed by atoms with Crippen LogP contribution in [0.2, 0.25) is 0 Å². The normalized spacial score (nSPS) is 10.6. The molecule has 0 aliphatic carbocycles. The fourth-order valence-corrected chi connectivity index (χ4v) is 2.53. The number of hydrogen-bond acceptors (Lipinski definition) is 4. The van der Waals surface area contributed by atoms with E-state index in [9.17, 15) is 0 Å². The number of pyridine rings is 1. The lowest BCUT2D eigenvalue weighted by atomic mass is 10.0. The van der Waals surface area contributed by atoms with Crippen LogP contribution in [0.4, 0.5) is 5.82 Å². The molecule has 0 unspecified atom stereocenters. The van der Waals surface area contributed by atoms with E-state index in [1.165, 1.54) is 5.56 Å². The molecule has 0 bridgehead atoms. The second-order valence-corrected chi connectivity index (χ2v) is 5.09. The molecule has 0 spiro atoms. The Morgan fingerprint density at radius 3 is 2.64 bits per heavy atom. The van der Waals surface area contributed by atoms with Crippen molar-refractivity contribution in [2.24, 2.45) is 5.84 Å². The van der Waals surface area contributed by atoms with Gasteiger partial charge in [-0.3, -0.25) is 0 Å². The lowest BCUT2D eigenvalue weighted by Crippen LogP contribution is -2.11. The molecule has 0 atom stereocenters. The topological polar surface area (TPSA) is 60.2 Å². The van der Waals surface area contributed by atoms with Crippen LogP contribution in [-0.4, -0.2) is 11.6 Å². The molecule has 4 nitrogen and oxygen atoms in total. The highest BCUT2D eigenvalue weighted by atomic mass is 16.5. The molecule has 0 saturated heterocycles. The average Bonchev–Trinajstić information content (AvgIpc) is 2.55. The minimum absolute atomic E-state index is 0.651. The SMILES string of the molecule is CCOc1ccc2nc(NN)c(Cc3ccccc3)cc2c1. The first-order valence-corrected chi connectivity index (χ1v) is 7.37. The van der Waals surface area contributed by atoms with E-state index in [0.29, 0.717) is 12.4 Å². The number of nitrogens with zero attached hydrogens (tertiary/aromatic N) is 1. The second-order valence-electron chi connectivity index (χ2n) is 5.09. The number of rotatable bonds is 5. The van der Waals surface area contributed by atoms with E-state index in [0.717, 1.165) is 28.6 Å². The van der Waals surface area contributed by atoms with Gasteiger partial charge in [-0.25, -0.2) is 10.8 Å². The van der Waals surface area contributed by atoms with Crippen molar-refractivity contribution < 1.29 is 4.74 Å². The number of hydrogen-bond donors (Lipinski definition) is 2. The van der Waals surface area contributed by atoms with Crippen LogP contribution in [0.25, 0.3) is 10.9 Å². The van der Waals surface area contributed by atoms with Gasteiger partial charge in [-0.15, -0.1) is 0 Å². The van der Waals surface area contributed by atoms with Gasteiger partial charge >= 0.3 is 0 Å². The summed E-state index contributed by atoms with van der Waals surface area (Å²) in [7, 11) is 0. The molecule has 2 aromatic carbocycles. The molecule has 4 heteroatoms. The summed E-state index contributed by atoms with van der Waals surface area (Å²) >= 11 is 0. The monoisotopic (exact) mass is 293 g/mol. The molecule has 1 heterocycles. The van der Waals surface area contributed by atoms with E-state index in [-0.39, 0.29) is 0 Å². The van der Waals surface area contributed by atoms with Crippen molar-refractivity contribution in [3.05, 3.63) is 65.7 Å². The summed E-state index contributed by atoms with van der Waals surface area (Å²) in [5.41, 5.74) is 5.89. The van der Waals surface area contributed by atoms with E-state index in [1.54, 1.807) is 0 Å². The number of nitrogens with one attached hydrogen (secondary N) is 1. The molecular formula is C18H19N3O. The van der Waals surface area contributed by atoms with Crippen molar-refractivity contribution >= 4 is 16.7 Å². The van der Waals surface area contributed by atoms with Gasteiger partial charge in [0.2, 0.25) is 0 Å². The number of nitrogens with two attached hydrogens (primary N) is 1. The first-order valence-electron chi connectivity index (χ1n) is 7.37. The van der Waals surface area contributed by atoms with Gasteiger partial charge in [-0.2, -0.15) is 0 Å². The first kappa shape index (κ1) is 14.4. The molecule has 22 heavy (non-hydrogen) atoms. The maximum Gasteiger partial charge on any atom is 0.144 e. The van der Waals surface area contributed by atoms with Crippen molar-refractivity contribution in [3.63, 3.8) is 0 Å². The smallest absolute Gasteiger partial charge is 0.144 e. The van der Waals surface area contributed by atoms with E-state index in [2.05, 4.69) is 28.6 Å². The molecule has 3 aromatic rings. The van der Waals surface area contributed by atoms with E-state index in [4.69, 9.17) is 10.6 Å². The van der Waals surface area contributed by atoms with Crippen molar-refractivity contribution in [1.82, 2.24) is 4.98 Å². The Hall–Kier alpha value is -2.59. The predicted molar refractivity (Wildman–Crippen MR) is 90.0 cm³/mol. The minimum Gasteiger partial charge on any atom is -0.494 e. The Morgan fingerprint density at radius 1 is 1.09 bits per heavy atom. The zero-order valence-corrected chi connectivity index (χ0v) is 12.5. The maximum atomic E-state index is 5.64. The molecule has 0 fully saturated rings. The fraction of sp³-hybridized carbons (Fsp3) is 0.167. The van der Waals surface area contributed by atoms with Crippen LogP contribution in [0, 0.1) is 0 Å². The number of aromatic nitrogens is 1. The maximum absolute atomic E-state index is 5.64. The molecular weight excluding hydrogens is 274 g/mol. The number of ether oxygens (including phenoxy) is 1. The second kappa shape index (κ2) is 6.45. The van der Waals surface area contributed by atoms with E-state index in [1.807, 2.05) is 43.3 Å². The van der Waals surface area contributed by atoms with Crippen LogP contribution < -0.4 is 16.0 Å². The summed E-state index contributed by atoms with van der Waals surface area (Å²) in [6.07, 6.45) is 0.780. The highest BCUT2D eigenvalue weighted by molar-refractivity contribution is 5.83. The van der Waals surface area contributed by atoms with Crippen molar-refractivity contribution in [1.29, 1.82) is 0 Å². The van der Waals surface area contributed by atoms with Gasteiger partial charge in [0.25, 0.3) is 0 Å². The van der Waals surface area contributed by atoms with Gasteiger partial charge in [0.15, 0.2) is 0 Å². The van der Waals surface area contributed by atoms with E-state index >= 15 is 0 Å². The highest BCUT2D eigenvalue weighted by Gasteiger charge is 2.08. The molecule has 1 aromatic heterocycles. The van der Waals surface area contributed by atoms with Crippen LogP contribution in [0.1, 0.15) is 18.1 Å². The Morgan fingerprint density at radius 2 is 1.91 bits per heavy atom. The Bertz CT molecular complexity index is 772. The van der Waals surface area contributed by atoms with Gasteiger partial charge in [0.05, 0.1) is 12.1 Å². The molecule has 3 rings (SSSR count). The van der Waals surface area contributed by atoms with Crippen molar-refractivity contribution in [3.8, 4) is 5.75 Å².